The lowest BCUT2D eigenvalue weighted by molar-refractivity contribution is -0.144. The van der Waals surface area contributed by atoms with E-state index in [9.17, 15) is 4.79 Å². The van der Waals surface area contributed by atoms with E-state index in [1.165, 1.54) is 18.3 Å². The van der Waals surface area contributed by atoms with Gasteiger partial charge in [0.25, 0.3) is 0 Å². The van der Waals surface area contributed by atoms with Crippen molar-refractivity contribution < 1.29 is 14.6 Å². The Labute approximate surface area is 73.6 Å². The molecule has 66 valence electrons. The van der Waals surface area contributed by atoms with Crippen LogP contribution < -0.4 is 10.5 Å². The Morgan fingerprint density at radius 2 is 2.42 bits per heavy atom. The van der Waals surface area contributed by atoms with Gasteiger partial charge in [0.1, 0.15) is 0 Å². The van der Waals surface area contributed by atoms with Crippen molar-refractivity contribution in [1.82, 2.24) is 0 Å². The molecule has 1 aromatic rings. The van der Waals surface area contributed by atoms with Crippen molar-refractivity contribution in [3.05, 3.63) is 12.1 Å². The lowest BCUT2D eigenvalue weighted by Crippen LogP contribution is -2.22. The van der Waals surface area contributed by atoms with Crippen LogP contribution in [0.25, 0.3) is 0 Å². The van der Waals surface area contributed by atoms with Gasteiger partial charge in [0.2, 0.25) is 0 Å². The fourth-order valence-corrected chi connectivity index (χ4v) is 1.32. The molecule has 0 aromatic carbocycles. The molecular weight excluding hydrogens is 178 g/mol. The molecule has 1 rings (SSSR count). The highest BCUT2D eigenvalue weighted by Gasteiger charge is 2.12. The zero-order valence-corrected chi connectivity index (χ0v) is 7.30. The first-order chi connectivity index (χ1) is 5.59. The number of thiophene rings is 1. The van der Waals surface area contributed by atoms with E-state index >= 15 is 0 Å². The second-order valence-corrected chi connectivity index (χ2v) is 3.33. The number of anilines is 1. The van der Waals surface area contributed by atoms with Crippen LogP contribution in [0.1, 0.15) is 6.92 Å². The van der Waals surface area contributed by atoms with Crippen molar-refractivity contribution in [1.29, 1.82) is 0 Å². The predicted molar refractivity (Wildman–Crippen MR) is 46.5 cm³/mol. The Morgan fingerprint density at radius 1 is 1.75 bits per heavy atom. The Kier molecular flexibility index (Phi) is 2.54. The van der Waals surface area contributed by atoms with Gasteiger partial charge in [-0.1, -0.05) is 11.3 Å². The highest BCUT2D eigenvalue weighted by atomic mass is 32.1. The van der Waals surface area contributed by atoms with Crippen molar-refractivity contribution in [3.8, 4) is 5.06 Å². The second kappa shape index (κ2) is 3.44. The normalized spacial score (nSPS) is 12.4. The minimum absolute atomic E-state index is 0.530. The van der Waals surface area contributed by atoms with Crippen LogP contribution in [0.3, 0.4) is 0 Å². The van der Waals surface area contributed by atoms with E-state index in [0.29, 0.717) is 10.1 Å². The van der Waals surface area contributed by atoms with Gasteiger partial charge in [-0.2, -0.15) is 0 Å². The van der Waals surface area contributed by atoms with Gasteiger partial charge in [-0.3, -0.25) is 0 Å². The number of nitrogens with two attached hydrogens (primary N) is 1. The molecule has 0 saturated heterocycles. The molecule has 0 amide bonds. The first-order valence-electron chi connectivity index (χ1n) is 3.34. The molecule has 1 aromatic heterocycles. The van der Waals surface area contributed by atoms with Crippen LogP contribution in [0.5, 0.6) is 5.06 Å². The summed E-state index contributed by atoms with van der Waals surface area (Å²) in [5.74, 6) is -0.984. The average Bonchev–Trinajstić information content (AvgIpc) is 2.35. The molecular formula is C7H9NO3S. The van der Waals surface area contributed by atoms with E-state index in [0.717, 1.165) is 0 Å². The molecule has 0 saturated carbocycles. The van der Waals surface area contributed by atoms with Crippen LogP contribution in [0.4, 0.5) is 5.00 Å². The van der Waals surface area contributed by atoms with Crippen molar-refractivity contribution >= 4 is 22.3 Å². The molecule has 4 nitrogen and oxygen atoms in total. The van der Waals surface area contributed by atoms with E-state index < -0.39 is 12.1 Å². The van der Waals surface area contributed by atoms with Crippen LogP contribution in [0, 0.1) is 0 Å². The standard InChI is InChI=1S/C7H9NO3S/c1-4(7(9)10)11-6-3-2-5(8)12-6/h2-4H,8H2,1H3,(H,9,10). The summed E-state index contributed by atoms with van der Waals surface area (Å²) in [6.45, 7) is 1.47. The van der Waals surface area contributed by atoms with Crippen LogP contribution in [-0.4, -0.2) is 17.2 Å². The van der Waals surface area contributed by atoms with Crippen molar-refractivity contribution in [3.63, 3.8) is 0 Å². The number of hydrogen-bond donors (Lipinski definition) is 2. The lowest BCUT2D eigenvalue weighted by Gasteiger charge is -2.06. The first-order valence-corrected chi connectivity index (χ1v) is 4.16. The molecule has 0 radical (unpaired) electrons. The Bertz CT molecular complexity index is 284. The molecule has 0 aliphatic carbocycles. The van der Waals surface area contributed by atoms with Gasteiger partial charge < -0.3 is 15.6 Å². The van der Waals surface area contributed by atoms with E-state index in [1.54, 1.807) is 12.1 Å². The number of hydrogen-bond acceptors (Lipinski definition) is 4. The number of ether oxygens (including phenoxy) is 1. The summed E-state index contributed by atoms with van der Waals surface area (Å²) in [6, 6.07) is 3.33. The molecule has 1 atom stereocenters. The maximum atomic E-state index is 10.4. The summed E-state index contributed by atoms with van der Waals surface area (Å²) in [6.07, 6.45) is -0.831. The summed E-state index contributed by atoms with van der Waals surface area (Å²) in [5, 5.41) is 9.64. The third-order valence-corrected chi connectivity index (χ3v) is 2.05. The van der Waals surface area contributed by atoms with E-state index in [2.05, 4.69) is 0 Å². The quantitative estimate of drug-likeness (QED) is 0.745. The molecule has 3 N–H and O–H groups in total. The van der Waals surface area contributed by atoms with Crippen LogP contribution in [-0.2, 0) is 4.79 Å². The number of nitrogen functional groups attached to an aromatic ring is 1. The minimum Gasteiger partial charge on any atom is -0.479 e. The molecule has 0 bridgehead atoms. The average molecular weight is 187 g/mol. The van der Waals surface area contributed by atoms with Crippen LogP contribution >= 0.6 is 11.3 Å². The minimum atomic E-state index is -0.984. The lowest BCUT2D eigenvalue weighted by atomic mass is 10.4. The van der Waals surface area contributed by atoms with Gasteiger partial charge >= 0.3 is 5.97 Å². The van der Waals surface area contributed by atoms with Gasteiger partial charge in [0.15, 0.2) is 11.2 Å². The summed E-state index contributed by atoms with van der Waals surface area (Å²) in [5.41, 5.74) is 5.42. The highest BCUT2D eigenvalue weighted by molar-refractivity contribution is 7.17. The third kappa shape index (κ3) is 2.13. The fraction of sp³-hybridized carbons (Fsp3) is 0.286. The predicted octanol–water partition coefficient (Wildman–Crippen LogP) is 1.18. The van der Waals surface area contributed by atoms with Crippen molar-refractivity contribution in [2.45, 2.75) is 13.0 Å². The monoisotopic (exact) mass is 187 g/mol. The van der Waals surface area contributed by atoms with Crippen molar-refractivity contribution in [2.75, 3.05) is 5.73 Å². The van der Waals surface area contributed by atoms with Crippen LogP contribution in [0.15, 0.2) is 12.1 Å². The first kappa shape index (κ1) is 8.86. The Balaban J connectivity index is 2.58. The summed E-state index contributed by atoms with van der Waals surface area (Å²) >= 11 is 1.23. The molecule has 1 heterocycles. The van der Waals surface area contributed by atoms with Gasteiger partial charge in [0, 0.05) is 0 Å². The summed E-state index contributed by atoms with van der Waals surface area (Å²) in [4.78, 5) is 10.4. The van der Waals surface area contributed by atoms with E-state index in [-0.39, 0.29) is 0 Å². The fourth-order valence-electron chi connectivity index (χ4n) is 0.622. The molecule has 12 heavy (non-hydrogen) atoms. The van der Waals surface area contributed by atoms with E-state index in [4.69, 9.17) is 15.6 Å². The zero-order chi connectivity index (χ0) is 9.14. The topological polar surface area (TPSA) is 72.5 Å². The van der Waals surface area contributed by atoms with Gasteiger partial charge in [-0.25, -0.2) is 4.79 Å². The van der Waals surface area contributed by atoms with E-state index in [1.807, 2.05) is 0 Å². The van der Waals surface area contributed by atoms with Gasteiger partial charge in [-0.05, 0) is 19.1 Å². The second-order valence-electron chi connectivity index (χ2n) is 2.26. The van der Waals surface area contributed by atoms with Crippen molar-refractivity contribution in [2.24, 2.45) is 0 Å². The molecule has 0 aliphatic rings. The molecule has 0 fully saturated rings. The number of carboxylic acids is 1. The van der Waals surface area contributed by atoms with Crippen LogP contribution in [0.2, 0.25) is 0 Å². The largest absolute Gasteiger partial charge is 0.479 e. The zero-order valence-electron chi connectivity index (χ0n) is 6.48. The number of carbonyl (C=O) groups is 1. The molecule has 0 spiro atoms. The highest BCUT2D eigenvalue weighted by Crippen LogP contribution is 2.26. The SMILES string of the molecule is CC(Oc1ccc(N)s1)C(=O)O. The number of rotatable bonds is 3. The number of carboxylic acid groups (broad SMARTS) is 1. The molecule has 0 aliphatic heterocycles. The Hall–Kier alpha value is -1.23. The summed E-state index contributed by atoms with van der Waals surface area (Å²) < 4.78 is 5.04. The maximum absolute atomic E-state index is 10.4. The number of aliphatic carboxylic acids is 1. The molecule has 5 heteroatoms. The smallest absolute Gasteiger partial charge is 0.344 e. The van der Waals surface area contributed by atoms with Gasteiger partial charge in [0.05, 0.1) is 5.00 Å². The van der Waals surface area contributed by atoms with Gasteiger partial charge in [-0.15, -0.1) is 0 Å². The summed E-state index contributed by atoms with van der Waals surface area (Å²) in [7, 11) is 0. The molecule has 1 unspecified atom stereocenters. The third-order valence-electron chi connectivity index (χ3n) is 1.24. The Morgan fingerprint density at radius 3 is 2.83 bits per heavy atom. The maximum Gasteiger partial charge on any atom is 0.344 e.